The van der Waals surface area contributed by atoms with Crippen LogP contribution in [-0.4, -0.2) is 22.1 Å². The van der Waals surface area contributed by atoms with Gasteiger partial charge in [0.25, 0.3) is 0 Å². The first-order valence-electron chi connectivity index (χ1n) is 6.88. The molecule has 0 fully saturated rings. The molecule has 0 saturated carbocycles. The average Bonchev–Trinajstić information content (AvgIpc) is 2.94. The molecule has 2 aromatic rings. The number of nitrogens with zero attached hydrogens (tertiary/aromatic N) is 2. The minimum Gasteiger partial charge on any atom is -0.372 e. The highest BCUT2D eigenvalue weighted by atomic mass is 35.5. The Kier molecular flexibility index (Phi) is 5.99. The zero-order valence-electron chi connectivity index (χ0n) is 12.2. The van der Waals surface area contributed by atoms with Gasteiger partial charge in [-0.1, -0.05) is 48.4 Å². The van der Waals surface area contributed by atoms with Crippen molar-refractivity contribution >= 4 is 51.3 Å². The van der Waals surface area contributed by atoms with Gasteiger partial charge >= 0.3 is 0 Å². The fourth-order valence-electron chi connectivity index (χ4n) is 1.79. The monoisotopic (exact) mass is 358 g/mol. The first-order valence-corrected chi connectivity index (χ1v) is 8.45. The molecule has 2 rings (SSSR count). The van der Waals surface area contributed by atoms with Gasteiger partial charge in [0.1, 0.15) is 11.0 Å². The molecule has 5 nitrogen and oxygen atoms in total. The molecule has 1 amide bonds. The number of amides is 1. The van der Waals surface area contributed by atoms with E-state index >= 15 is 0 Å². The number of nitrogens with one attached hydrogen (secondary N) is 2. The maximum Gasteiger partial charge on any atom is 0.248 e. The number of benzene rings is 1. The standard InChI is InChI=1S/C14H16Cl2N4OS/c1-3-10(17-11-6-5-8(15)7-9(11)16)13(21)18-14-20-19-12(4-2)22-14/h5-7,10,17H,3-4H2,1-2H3,(H,18,20,21)/t10-/m0/s1. The van der Waals surface area contributed by atoms with Gasteiger partial charge in [0.2, 0.25) is 11.0 Å². The molecule has 1 aromatic heterocycles. The highest BCUT2D eigenvalue weighted by molar-refractivity contribution is 7.15. The third kappa shape index (κ3) is 4.32. The third-order valence-electron chi connectivity index (χ3n) is 2.99. The number of carbonyl (C=O) groups excluding carboxylic acids is 1. The van der Waals surface area contributed by atoms with Crippen molar-refractivity contribution in [1.29, 1.82) is 0 Å². The van der Waals surface area contributed by atoms with Crippen LogP contribution in [0.15, 0.2) is 18.2 Å². The Balaban J connectivity index is 2.05. The van der Waals surface area contributed by atoms with Crippen LogP contribution in [0.25, 0.3) is 0 Å². The van der Waals surface area contributed by atoms with Crippen molar-refractivity contribution in [3.05, 3.63) is 33.3 Å². The molecule has 0 aliphatic heterocycles. The Morgan fingerprint density at radius 3 is 2.68 bits per heavy atom. The molecule has 0 radical (unpaired) electrons. The number of aryl methyl sites for hydroxylation is 1. The molecular formula is C14H16Cl2N4OS. The van der Waals surface area contributed by atoms with E-state index in [2.05, 4.69) is 20.8 Å². The topological polar surface area (TPSA) is 66.9 Å². The Hall–Kier alpha value is -1.37. The highest BCUT2D eigenvalue weighted by Gasteiger charge is 2.19. The van der Waals surface area contributed by atoms with Crippen LogP contribution in [0.3, 0.4) is 0 Å². The van der Waals surface area contributed by atoms with E-state index in [-0.39, 0.29) is 5.91 Å². The summed E-state index contributed by atoms with van der Waals surface area (Å²) in [6, 6.07) is 4.68. The lowest BCUT2D eigenvalue weighted by molar-refractivity contribution is -0.117. The maximum atomic E-state index is 12.3. The fraction of sp³-hybridized carbons (Fsp3) is 0.357. The number of halogens is 2. The van der Waals surface area contributed by atoms with Gasteiger partial charge in [-0.25, -0.2) is 0 Å². The van der Waals surface area contributed by atoms with Gasteiger partial charge in [0.15, 0.2) is 0 Å². The lowest BCUT2D eigenvalue weighted by Gasteiger charge is -2.18. The molecular weight excluding hydrogens is 343 g/mol. The minimum absolute atomic E-state index is 0.174. The second-order valence-electron chi connectivity index (χ2n) is 4.57. The zero-order chi connectivity index (χ0) is 16.1. The summed E-state index contributed by atoms with van der Waals surface area (Å²) in [7, 11) is 0. The molecule has 118 valence electrons. The molecule has 22 heavy (non-hydrogen) atoms. The lowest BCUT2D eigenvalue weighted by atomic mass is 10.2. The van der Waals surface area contributed by atoms with Crippen molar-refractivity contribution < 1.29 is 4.79 Å². The minimum atomic E-state index is -0.423. The fourth-order valence-corrected chi connectivity index (χ4v) is 2.93. The molecule has 0 bridgehead atoms. The summed E-state index contributed by atoms with van der Waals surface area (Å²) < 4.78 is 0. The van der Waals surface area contributed by atoms with Crippen LogP contribution < -0.4 is 10.6 Å². The van der Waals surface area contributed by atoms with Crippen LogP contribution in [0.2, 0.25) is 10.0 Å². The molecule has 0 saturated heterocycles. The van der Waals surface area contributed by atoms with Crippen LogP contribution in [0.1, 0.15) is 25.3 Å². The molecule has 1 atom stereocenters. The van der Waals surface area contributed by atoms with Crippen molar-refractivity contribution in [2.45, 2.75) is 32.7 Å². The summed E-state index contributed by atoms with van der Waals surface area (Å²) in [6.07, 6.45) is 1.40. The first kappa shape index (κ1) is 17.0. The summed E-state index contributed by atoms with van der Waals surface area (Å²) in [6.45, 7) is 3.91. The summed E-state index contributed by atoms with van der Waals surface area (Å²) in [5.74, 6) is -0.174. The number of aromatic nitrogens is 2. The summed E-state index contributed by atoms with van der Waals surface area (Å²) in [5.41, 5.74) is 0.666. The smallest absolute Gasteiger partial charge is 0.248 e. The van der Waals surface area contributed by atoms with Crippen molar-refractivity contribution in [2.75, 3.05) is 10.6 Å². The van der Waals surface area contributed by atoms with Crippen LogP contribution in [0.5, 0.6) is 0 Å². The highest BCUT2D eigenvalue weighted by Crippen LogP contribution is 2.26. The molecule has 0 aliphatic carbocycles. The average molecular weight is 359 g/mol. The van der Waals surface area contributed by atoms with Gasteiger partial charge in [-0.3, -0.25) is 10.1 Å². The van der Waals surface area contributed by atoms with E-state index in [0.717, 1.165) is 11.4 Å². The second kappa shape index (κ2) is 7.76. The number of hydrogen-bond acceptors (Lipinski definition) is 5. The van der Waals surface area contributed by atoms with E-state index < -0.39 is 6.04 Å². The van der Waals surface area contributed by atoms with Gasteiger partial charge in [0, 0.05) is 5.02 Å². The molecule has 8 heteroatoms. The van der Waals surface area contributed by atoms with Gasteiger partial charge < -0.3 is 5.32 Å². The molecule has 2 N–H and O–H groups in total. The second-order valence-corrected chi connectivity index (χ2v) is 6.48. The predicted molar refractivity (Wildman–Crippen MR) is 92.1 cm³/mol. The maximum absolute atomic E-state index is 12.3. The summed E-state index contributed by atoms with van der Waals surface area (Å²) in [4.78, 5) is 12.3. The molecule has 0 aliphatic rings. The molecule has 0 unspecified atom stereocenters. The quantitative estimate of drug-likeness (QED) is 0.810. The zero-order valence-corrected chi connectivity index (χ0v) is 14.5. The van der Waals surface area contributed by atoms with Gasteiger partial charge in [0.05, 0.1) is 10.7 Å². The Labute approximate surface area is 143 Å². The normalized spacial score (nSPS) is 12.0. The molecule has 1 aromatic carbocycles. The largest absolute Gasteiger partial charge is 0.372 e. The number of anilines is 2. The molecule has 0 spiro atoms. The van der Waals surface area contributed by atoms with Crippen LogP contribution in [-0.2, 0) is 11.2 Å². The molecule has 1 heterocycles. The van der Waals surface area contributed by atoms with E-state index in [4.69, 9.17) is 23.2 Å². The van der Waals surface area contributed by atoms with Crippen LogP contribution >= 0.6 is 34.5 Å². The van der Waals surface area contributed by atoms with Gasteiger partial charge in [-0.05, 0) is 31.0 Å². The van der Waals surface area contributed by atoms with Gasteiger partial charge in [-0.2, -0.15) is 0 Å². The van der Waals surface area contributed by atoms with Crippen molar-refractivity contribution in [3.63, 3.8) is 0 Å². The number of rotatable bonds is 6. The van der Waals surface area contributed by atoms with Crippen molar-refractivity contribution in [3.8, 4) is 0 Å². The Morgan fingerprint density at radius 2 is 2.09 bits per heavy atom. The van der Waals surface area contributed by atoms with E-state index in [1.54, 1.807) is 18.2 Å². The van der Waals surface area contributed by atoms with E-state index in [1.165, 1.54) is 11.3 Å². The first-order chi connectivity index (χ1) is 10.5. The predicted octanol–water partition coefficient (Wildman–Crippen LogP) is 4.24. The Bertz CT molecular complexity index is 662. The van der Waals surface area contributed by atoms with Crippen molar-refractivity contribution in [1.82, 2.24) is 10.2 Å². The van der Waals surface area contributed by atoms with Gasteiger partial charge in [-0.15, -0.1) is 10.2 Å². The van der Waals surface area contributed by atoms with E-state index in [0.29, 0.717) is 27.3 Å². The van der Waals surface area contributed by atoms with E-state index in [1.807, 2.05) is 13.8 Å². The van der Waals surface area contributed by atoms with Crippen LogP contribution in [0.4, 0.5) is 10.8 Å². The SMILES string of the molecule is CCc1nnc(NC(=O)[C@H](CC)Nc2ccc(Cl)cc2Cl)s1. The van der Waals surface area contributed by atoms with E-state index in [9.17, 15) is 4.79 Å². The number of hydrogen-bond donors (Lipinski definition) is 2. The van der Waals surface area contributed by atoms with Crippen LogP contribution in [0, 0.1) is 0 Å². The Morgan fingerprint density at radius 1 is 1.32 bits per heavy atom. The summed E-state index contributed by atoms with van der Waals surface area (Å²) in [5, 5.41) is 16.2. The van der Waals surface area contributed by atoms with Crippen molar-refractivity contribution in [2.24, 2.45) is 0 Å². The third-order valence-corrected chi connectivity index (χ3v) is 4.52. The number of carbonyl (C=O) groups is 1. The lowest BCUT2D eigenvalue weighted by Crippen LogP contribution is -2.34. The summed E-state index contributed by atoms with van der Waals surface area (Å²) >= 11 is 13.4.